The molecular formula is C22H20N4O. The van der Waals surface area contributed by atoms with Crippen LogP contribution in [-0.4, -0.2) is 32.1 Å². The molecule has 3 heterocycles. The minimum Gasteiger partial charge on any atom is -0.351 e. The Morgan fingerprint density at radius 2 is 1.96 bits per heavy atom. The molecule has 0 bridgehead atoms. The molecule has 0 saturated heterocycles. The normalized spacial score (nSPS) is 13.7. The van der Waals surface area contributed by atoms with E-state index in [0.717, 1.165) is 28.6 Å². The van der Waals surface area contributed by atoms with Crippen LogP contribution < -0.4 is 0 Å². The van der Waals surface area contributed by atoms with Gasteiger partial charge in [-0.25, -0.2) is 4.68 Å². The van der Waals surface area contributed by atoms with E-state index in [1.165, 1.54) is 11.3 Å². The van der Waals surface area contributed by atoms with E-state index in [4.69, 9.17) is 0 Å². The second-order valence-electron chi connectivity index (χ2n) is 7.11. The highest BCUT2D eigenvalue weighted by molar-refractivity contribution is 5.98. The number of aromatic nitrogens is 3. The molecule has 1 amide bonds. The summed E-state index contributed by atoms with van der Waals surface area (Å²) in [5.41, 5.74) is 6.20. The minimum absolute atomic E-state index is 0.0435. The molecule has 27 heavy (non-hydrogen) atoms. The molecule has 0 saturated carbocycles. The summed E-state index contributed by atoms with van der Waals surface area (Å²) in [6.45, 7) is 3.34. The van der Waals surface area contributed by atoms with Crippen molar-refractivity contribution >= 4 is 16.8 Å². The number of fused-ring (bicyclic) bond motifs is 2. The van der Waals surface area contributed by atoms with Crippen LogP contribution in [0.5, 0.6) is 0 Å². The SMILES string of the molecule is Cc1ccc2cc(C(=O)N3CCc4c(cnn4-c4ccccc4)C3)[nH]c2c1. The first kappa shape index (κ1) is 15.9. The number of hydrogen-bond donors (Lipinski definition) is 1. The van der Waals surface area contributed by atoms with Gasteiger partial charge < -0.3 is 9.88 Å². The highest BCUT2D eigenvalue weighted by Gasteiger charge is 2.26. The van der Waals surface area contributed by atoms with Crippen molar-refractivity contribution in [2.75, 3.05) is 6.54 Å². The van der Waals surface area contributed by atoms with Crippen molar-refractivity contribution in [1.82, 2.24) is 19.7 Å². The third kappa shape index (κ3) is 2.72. The summed E-state index contributed by atoms with van der Waals surface area (Å²) >= 11 is 0. The second kappa shape index (κ2) is 6.13. The standard InChI is InChI=1S/C22H20N4O/c1-15-7-8-16-12-20(24-19(16)11-15)22(27)25-10-9-21-17(14-25)13-23-26(21)18-5-3-2-4-6-18/h2-8,11-13,24H,9-10,14H2,1H3. The molecular weight excluding hydrogens is 336 g/mol. The zero-order chi connectivity index (χ0) is 18.4. The van der Waals surface area contributed by atoms with Gasteiger partial charge in [-0.1, -0.05) is 30.3 Å². The first-order valence-electron chi connectivity index (χ1n) is 9.19. The number of rotatable bonds is 2. The van der Waals surface area contributed by atoms with Gasteiger partial charge in [-0.3, -0.25) is 4.79 Å². The zero-order valence-corrected chi connectivity index (χ0v) is 15.1. The molecule has 2 aromatic heterocycles. The van der Waals surface area contributed by atoms with Crippen LogP contribution in [0.3, 0.4) is 0 Å². The summed E-state index contributed by atoms with van der Waals surface area (Å²) in [5.74, 6) is 0.0435. The first-order chi connectivity index (χ1) is 13.2. The maximum Gasteiger partial charge on any atom is 0.270 e. The van der Waals surface area contributed by atoms with Crippen molar-refractivity contribution in [2.24, 2.45) is 0 Å². The van der Waals surface area contributed by atoms with Crippen molar-refractivity contribution in [3.05, 3.63) is 83.3 Å². The van der Waals surface area contributed by atoms with Gasteiger partial charge in [-0.2, -0.15) is 5.10 Å². The van der Waals surface area contributed by atoms with Crippen LogP contribution in [0.4, 0.5) is 0 Å². The van der Waals surface area contributed by atoms with Gasteiger partial charge in [0.15, 0.2) is 0 Å². The Hall–Kier alpha value is -3.34. The van der Waals surface area contributed by atoms with Crippen molar-refractivity contribution < 1.29 is 4.79 Å². The molecule has 0 fully saturated rings. The van der Waals surface area contributed by atoms with Crippen molar-refractivity contribution in [2.45, 2.75) is 19.9 Å². The third-order valence-electron chi connectivity index (χ3n) is 5.23. The summed E-state index contributed by atoms with van der Waals surface area (Å²) in [6.07, 6.45) is 2.69. The number of hydrogen-bond acceptors (Lipinski definition) is 2. The third-order valence-corrected chi connectivity index (χ3v) is 5.23. The van der Waals surface area contributed by atoms with E-state index in [-0.39, 0.29) is 5.91 Å². The van der Waals surface area contributed by atoms with Gasteiger partial charge in [0, 0.05) is 36.0 Å². The van der Waals surface area contributed by atoms with Crippen LogP contribution in [0.2, 0.25) is 0 Å². The Balaban J connectivity index is 1.42. The van der Waals surface area contributed by atoms with Crippen molar-refractivity contribution in [3.63, 3.8) is 0 Å². The van der Waals surface area contributed by atoms with Gasteiger partial charge >= 0.3 is 0 Å². The van der Waals surface area contributed by atoms with Gasteiger partial charge in [0.2, 0.25) is 0 Å². The van der Waals surface area contributed by atoms with E-state index in [9.17, 15) is 4.79 Å². The molecule has 134 valence electrons. The molecule has 4 aromatic rings. The largest absolute Gasteiger partial charge is 0.351 e. The van der Waals surface area contributed by atoms with Crippen molar-refractivity contribution in [1.29, 1.82) is 0 Å². The molecule has 1 aliphatic heterocycles. The number of nitrogens with zero attached hydrogens (tertiary/aromatic N) is 3. The van der Waals surface area contributed by atoms with E-state index in [0.29, 0.717) is 18.8 Å². The Morgan fingerprint density at radius 1 is 1.11 bits per heavy atom. The maximum atomic E-state index is 13.0. The molecule has 0 atom stereocenters. The molecule has 0 aliphatic carbocycles. The first-order valence-corrected chi connectivity index (χ1v) is 9.19. The predicted octanol–water partition coefficient (Wildman–Crippen LogP) is 3.86. The fraction of sp³-hybridized carbons (Fsp3) is 0.182. The number of carbonyl (C=O) groups excluding carboxylic acids is 1. The van der Waals surface area contributed by atoms with Crippen LogP contribution in [-0.2, 0) is 13.0 Å². The Labute approximate surface area is 157 Å². The number of para-hydroxylation sites is 1. The summed E-state index contributed by atoms with van der Waals surface area (Å²) < 4.78 is 1.99. The molecule has 0 unspecified atom stereocenters. The van der Waals surface area contributed by atoms with E-state index in [2.05, 4.69) is 47.3 Å². The number of aryl methyl sites for hydroxylation is 1. The van der Waals surface area contributed by atoms with Crippen LogP contribution in [0.25, 0.3) is 16.6 Å². The molecule has 0 radical (unpaired) electrons. The summed E-state index contributed by atoms with van der Waals surface area (Å²) in [5, 5.41) is 5.62. The van der Waals surface area contributed by atoms with Gasteiger partial charge in [-0.15, -0.1) is 0 Å². The van der Waals surface area contributed by atoms with Crippen LogP contribution in [0, 0.1) is 6.92 Å². The highest BCUT2D eigenvalue weighted by atomic mass is 16.2. The lowest BCUT2D eigenvalue weighted by molar-refractivity contribution is 0.0729. The van der Waals surface area contributed by atoms with Gasteiger partial charge in [0.25, 0.3) is 5.91 Å². The summed E-state index contributed by atoms with van der Waals surface area (Å²) in [6, 6.07) is 18.3. The average Bonchev–Trinajstić information content (AvgIpc) is 3.31. The minimum atomic E-state index is 0.0435. The summed E-state index contributed by atoms with van der Waals surface area (Å²) in [7, 11) is 0. The number of H-pyrrole nitrogens is 1. The molecule has 2 aromatic carbocycles. The fourth-order valence-electron chi connectivity index (χ4n) is 3.82. The number of benzene rings is 2. The van der Waals surface area contributed by atoms with Gasteiger partial charge in [0.05, 0.1) is 17.6 Å². The lowest BCUT2D eigenvalue weighted by atomic mass is 10.1. The topological polar surface area (TPSA) is 53.9 Å². The number of carbonyl (C=O) groups is 1. The zero-order valence-electron chi connectivity index (χ0n) is 15.1. The van der Waals surface area contributed by atoms with Crippen LogP contribution >= 0.6 is 0 Å². The quantitative estimate of drug-likeness (QED) is 0.593. The van der Waals surface area contributed by atoms with Crippen molar-refractivity contribution in [3.8, 4) is 5.69 Å². The van der Waals surface area contributed by atoms with Crippen LogP contribution in [0.1, 0.15) is 27.3 Å². The van der Waals surface area contributed by atoms with E-state index >= 15 is 0 Å². The molecule has 5 heteroatoms. The monoisotopic (exact) mass is 356 g/mol. The average molecular weight is 356 g/mol. The molecule has 5 rings (SSSR count). The Bertz CT molecular complexity index is 1140. The van der Waals surface area contributed by atoms with E-state index in [1.807, 2.05) is 40.0 Å². The van der Waals surface area contributed by atoms with E-state index in [1.54, 1.807) is 0 Å². The van der Waals surface area contributed by atoms with Crippen LogP contribution in [0.15, 0.2) is 60.8 Å². The van der Waals surface area contributed by atoms with Gasteiger partial charge in [-0.05, 0) is 36.8 Å². The Kier molecular flexibility index (Phi) is 3.60. The molecule has 0 spiro atoms. The lowest BCUT2D eigenvalue weighted by Crippen LogP contribution is -2.36. The number of nitrogens with one attached hydrogen (secondary N) is 1. The maximum absolute atomic E-state index is 13.0. The van der Waals surface area contributed by atoms with Gasteiger partial charge in [0.1, 0.15) is 5.69 Å². The lowest BCUT2D eigenvalue weighted by Gasteiger charge is -2.27. The number of aromatic amines is 1. The molecule has 1 aliphatic rings. The highest BCUT2D eigenvalue weighted by Crippen LogP contribution is 2.24. The molecule has 5 nitrogen and oxygen atoms in total. The van der Waals surface area contributed by atoms with E-state index < -0.39 is 0 Å². The summed E-state index contributed by atoms with van der Waals surface area (Å²) in [4.78, 5) is 18.2. The molecule has 1 N–H and O–H groups in total. The predicted molar refractivity (Wildman–Crippen MR) is 105 cm³/mol. The smallest absolute Gasteiger partial charge is 0.270 e. The number of amides is 1. The fourth-order valence-corrected chi connectivity index (χ4v) is 3.82. The second-order valence-corrected chi connectivity index (χ2v) is 7.11. The Morgan fingerprint density at radius 3 is 2.81 bits per heavy atom.